The van der Waals surface area contributed by atoms with E-state index >= 15 is 0 Å². The van der Waals surface area contributed by atoms with Crippen LogP contribution in [0.2, 0.25) is 0 Å². The first-order valence-corrected chi connectivity index (χ1v) is 34.2. The SMILES string of the molecule is Oc1cc2ccccc2c2c1Oc1c(O)cc3ccccc3c1C2c1ccc2ccc(Oc3cc4ccccc4c4c3Oc3c(O)cc5ccccc5c3C4c3cccc4cc(-c5ccc(O)c6ccc7c(c56)Oc5c(ccc6c(O)cccc56)C7c5ccc6ccccc6c5)ccc34)cc2c1. The van der Waals surface area contributed by atoms with E-state index in [-0.39, 0.29) is 34.7 Å². The summed E-state index contributed by atoms with van der Waals surface area (Å²) >= 11 is 0. The Morgan fingerprint density at radius 2 is 0.716 bits per heavy atom. The summed E-state index contributed by atoms with van der Waals surface area (Å²) in [5, 5.41) is 75.3. The number of fused-ring (bicyclic) bond motifs is 21. The summed E-state index contributed by atoms with van der Waals surface area (Å²) in [7, 11) is 0. The van der Waals surface area contributed by atoms with Crippen molar-refractivity contribution >= 4 is 97.0 Å². The van der Waals surface area contributed by atoms with E-state index in [4.69, 9.17) is 18.9 Å². The Bertz CT molecular complexity index is 6660. The molecule has 0 saturated carbocycles. The van der Waals surface area contributed by atoms with Gasteiger partial charge < -0.3 is 44.5 Å². The molecular formula is C93H56O9. The maximum absolute atomic E-state index is 12.4. The predicted octanol–water partition coefficient (Wildman–Crippen LogP) is 23.9. The van der Waals surface area contributed by atoms with Crippen LogP contribution in [-0.2, 0) is 0 Å². The van der Waals surface area contributed by atoms with Crippen molar-refractivity contribution in [1.82, 2.24) is 0 Å². The molecule has 2 atom stereocenters. The van der Waals surface area contributed by atoms with Crippen LogP contribution < -0.4 is 18.9 Å². The predicted molar refractivity (Wildman–Crippen MR) is 406 cm³/mol. The van der Waals surface area contributed by atoms with Crippen LogP contribution in [-0.4, -0.2) is 25.5 Å². The van der Waals surface area contributed by atoms with Gasteiger partial charge in [-0.05, 0) is 164 Å². The Labute approximate surface area is 583 Å². The lowest BCUT2D eigenvalue weighted by Crippen LogP contribution is -2.14. The van der Waals surface area contributed by atoms with Crippen molar-refractivity contribution in [1.29, 1.82) is 0 Å². The lowest BCUT2D eigenvalue weighted by atomic mass is 9.76. The summed E-state index contributed by atoms with van der Waals surface area (Å²) in [5.74, 6) is 2.70. The Morgan fingerprint density at radius 1 is 0.245 bits per heavy atom. The lowest BCUT2D eigenvalue weighted by Gasteiger charge is -2.33. The normalized spacial score (nSPS) is 14.5. The second-order valence-corrected chi connectivity index (χ2v) is 27.2. The molecule has 0 aromatic heterocycles. The van der Waals surface area contributed by atoms with Crippen LogP contribution in [0, 0.1) is 0 Å². The molecule has 3 aliphatic rings. The third-order valence-corrected chi connectivity index (χ3v) is 21.7. The highest BCUT2D eigenvalue weighted by molar-refractivity contribution is 6.09. The van der Waals surface area contributed by atoms with Crippen LogP contribution >= 0.6 is 0 Å². The first-order chi connectivity index (χ1) is 50.1. The second-order valence-electron chi connectivity index (χ2n) is 27.2. The van der Waals surface area contributed by atoms with Crippen LogP contribution in [0.1, 0.15) is 67.8 Å². The molecule has 21 rings (SSSR count). The number of rotatable bonds is 6. The zero-order valence-corrected chi connectivity index (χ0v) is 54.3. The van der Waals surface area contributed by atoms with Gasteiger partial charge in [0.15, 0.2) is 46.0 Å². The Kier molecular flexibility index (Phi) is 12.3. The minimum Gasteiger partial charge on any atom is -0.507 e. The maximum Gasteiger partial charge on any atom is 0.174 e. The van der Waals surface area contributed by atoms with Gasteiger partial charge >= 0.3 is 0 Å². The van der Waals surface area contributed by atoms with E-state index in [1.54, 1.807) is 30.3 Å². The molecule has 18 aromatic rings. The van der Waals surface area contributed by atoms with Gasteiger partial charge in [0.1, 0.15) is 28.7 Å². The van der Waals surface area contributed by atoms with Crippen LogP contribution in [0.5, 0.6) is 74.7 Å². The van der Waals surface area contributed by atoms with Gasteiger partial charge in [-0.2, -0.15) is 0 Å². The molecule has 2 unspecified atom stereocenters. The van der Waals surface area contributed by atoms with E-state index in [1.807, 2.05) is 109 Å². The summed E-state index contributed by atoms with van der Waals surface area (Å²) in [6.45, 7) is 0. The molecule has 9 nitrogen and oxygen atoms in total. The number of hydrogen-bond acceptors (Lipinski definition) is 9. The van der Waals surface area contributed by atoms with Crippen molar-refractivity contribution in [3.05, 3.63) is 341 Å². The van der Waals surface area contributed by atoms with Gasteiger partial charge in [-0.25, -0.2) is 0 Å². The minimum atomic E-state index is -0.518. The zero-order chi connectivity index (χ0) is 67.8. The van der Waals surface area contributed by atoms with Crippen molar-refractivity contribution in [3.8, 4) is 85.9 Å². The summed E-state index contributed by atoms with van der Waals surface area (Å²) in [5.41, 5.74) is 10.0. The molecule has 18 aromatic carbocycles. The van der Waals surface area contributed by atoms with Gasteiger partial charge in [0, 0.05) is 72.7 Å². The highest BCUT2D eigenvalue weighted by atomic mass is 16.5. The molecule has 0 spiro atoms. The van der Waals surface area contributed by atoms with E-state index in [0.29, 0.717) is 56.8 Å². The summed E-state index contributed by atoms with van der Waals surface area (Å²) < 4.78 is 28.4. The number of phenolic OH excluding ortho intramolecular Hbond substituents is 5. The monoisotopic (exact) mass is 1320 g/mol. The third kappa shape index (κ3) is 8.52. The fourth-order valence-electron chi connectivity index (χ4n) is 17.2. The number of ether oxygens (including phenoxy) is 4. The van der Waals surface area contributed by atoms with Crippen LogP contribution in [0.3, 0.4) is 0 Å². The first kappa shape index (κ1) is 57.6. The van der Waals surface area contributed by atoms with Crippen molar-refractivity contribution < 1.29 is 44.5 Å². The molecule has 0 radical (unpaired) electrons. The van der Waals surface area contributed by atoms with Gasteiger partial charge in [0.25, 0.3) is 0 Å². The first-order valence-electron chi connectivity index (χ1n) is 34.2. The molecule has 3 heterocycles. The van der Waals surface area contributed by atoms with E-state index in [2.05, 4.69) is 152 Å². The molecule has 0 saturated heterocycles. The number of benzene rings is 18. The van der Waals surface area contributed by atoms with Gasteiger partial charge in [0.05, 0.1) is 0 Å². The molecule has 3 aliphatic heterocycles. The van der Waals surface area contributed by atoms with Crippen molar-refractivity contribution in [2.75, 3.05) is 0 Å². The summed E-state index contributed by atoms with van der Waals surface area (Å²) in [4.78, 5) is 0. The molecule has 0 fully saturated rings. The number of hydrogen-bond donors (Lipinski definition) is 5. The van der Waals surface area contributed by atoms with Gasteiger partial charge in [-0.15, -0.1) is 0 Å². The average Bonchev–Trinajstić information content (AvgIpc) is 0.721. The molecule has 5 N–H and O–H groups in total. The van der Waals surface area contributed by atoms with Gasteiger partial charge in [-0.1, -0.05) is 231 Å². The minimum absolute atomic E-state index is 0.00212. The van der Waals surface area contributed by atoms with Gasteiger partial charge in [0.2, 0.25) is 0 Å². The van der Waals surface area contributed by atoms with Crippen LogP contribution in [0.25, 0.3) is 108 Å². The molecular weight excluding hydrogens is 1260 g/mol. The Balaban J connectivity index is 0.726. The highest BCUT2D eigenvalue weighted by Crippen LogP contribution is 2.62. The highest BCUT2D eigenvalue weighted by Gasteiger charge is 2.40. The molecule has 0 aliphatic carbocycles. The van der Waals surface area contributed by atoms with Crippen molar-refractivity contribution in [2.24, 2.45) is 0 Å². The lowest BCUT2D eigenvalue weighted by molar-refractivity contribution is 0.372. The quantitative estimate of drug-likeness (QED) is 0.110. The summed E-state index contributed by atoms with van der Waals surface area (Å²) in [6.07, 6.45) is 0. The van der Waals surface area contributed by atoms with Crippen LogP contribution in [0.4, 0.5) is 0 Å². The van der Waals surface area contributed by atoms with E-state index in [0.717, 1.165) is 147 Å². The number of phenols is 5. The molecule has 102 heavy (non-hydrogen) atoms. The van der Waals surface area contributed by atoms with E-state index in [1.165, 1.54) is 0 Å². The van der Waals surface area contributed by atoms with E-state index < -0.39 is 11.8 Å². The van der Waals surface area contributed by atoms with Crippen molar-refractivity contribution in [3.63, 3.8) is 0 Å². The topological polar surface area (TPSA) is 138 Å². The maximum atomic E-state index is 12.4. The van der Waals surface area contributed by atoms with Crippen LogP contribution in [0.15, 0.2) is 291 Å². The largest absolute Gasteiger partial charge is 0.507 e. The van der Waals surface area contributed by atoms with E-state index in [9.17, 15) is 25.5 Å². The smallest absolute Gasteiger partial charge is 0.174 e. The van der Waals surface area contributed by atoms with Gasteiger partial charge in [-0.3, -0.25) is 0 Å². The molecule has 0 amide bonds. The van der Waals surface area contributed by atoms with Crippen molar-refractivity contribution in [2.45, 2.75) is 17.8 Å². The standard InChI is InChI=1S/C93H56O9/c94-74-26-12-25-70-68(74)35-37-72-80(58-29-27-49-13-1-2-14-51(49)41-58)73-38-36-71-75(95)40-39-67(82(71)89(73)100-88(70)72)57-32-34-62-52(42-57)19-11-24-69(62)83-86-65-22-9-5-17-55(65)47-78(98)92(86)102-93-79(48-56-18-6-10-23-66(56)87(83)93)99-61-33-31-50-28-30-59(43-60(50)44-61)81-84-63-20-7-3-15-53(63)45-76(96)90(84)101-91-77(97)46-54-16-4-8-21-64(54)85(81)91/h1-48,80-81,83,94-98H. The molecule has 0 bridgehead atoms. The Morgan fingerprint density at radius 3 is 1.38 bits per heavy atom. The summed E-state index contributed by atoms with van der Waals surface area (Å²) in [6, 6.07) is 97.6. The second kappa shape index (κ2) is 21.7. The Hall–Kier alpha value is -13.5. The fraction of sp³-hybridized carbons (Fsp3) is 0.0323. The third-order valence-electron chi connectivity index (χ3n) is 21.7. The molecule has 482 valence electrons. The number of aromatic hydroxyl groups is 5. The average molecular weight is 1320 g/mol. The fourth-order valence-corrected chi connectivity index (χ4v) is 17.2. The zero-order valence-electron chi connectivity index (χ0n) is 54.3. The molecule has 9 heteroatoms.